The van der Waals surface area contributed by atoms with Gasteiger partial charge in [0.1, 0.15) is 5.60 Å². The van der Waals surface area contributed by atoms with Gasteiger partial charge in [0.2, 0.25) is 0 Å². The highest BCUT2D eigenvalue weighted by Gasteiger charge is 2.65. The molecule has 4 aliphatic rings. The Morgan fingerprint density at radius 3 is 2.68 bits per heavy atom. The molecule has 0 aromatic heterocycles. The fourth-order valence-electron chi connectivity index (χ4n) is 5.74. The van der Waals surface area contributed by atoms with Crippen LogP contribution in [0.15, 0.2) is 12.2 Å². The molecule has 3 heterocycles. The lowest BCUT2D eigenvalue weighted by Crippen LogP contribution is -2.54. The number of fused-ring (bicyclic) bond motifs is 1. The molecule has 3 nitrogen and oxygen atoms in total. The van der Waals surface area contributed by atoms with Crippen molar-refractivity contribution in [2.75, 3.05) is 13.1 Å². The zero-order valence-corrected chi connectivity index (χ0v) is 14.5. The first-order chi connectivity index (χ1) is 10.3. The van der Waals surface area contributed by atoms with Crippen LogP contribution in [-0.4, -0.2) is 46.4 Å². The van der Waals surface area contributed by atoms with Gasteiger partial charge in [-0.25, -0.2) is 0 Å². The summed E-state index contributed by atoms with van der Waals surface area (Å²) in [6.45, 7) is 11.4. The molecule has 0 unspecified atom stereocenters. The predicted molar refractivity (Wildman–Crippen MR) is 87.6 cm³/mol. The van der Waals surface area contributed by atoms with Crippen LogP contribution in [0.4, 0.5) is 0 Å². The third-order valence-electron chi connectivity index (χ3n) is 7.38. The van der Waals surface area contributed by atoms with E-state index in [-0.39, 0.29) is 22.7 Å². The van der Waals surface area contributed by atoms with Crippen LogP contribution in [0.2, 0.25) is 0 Å². The van der Waals surface area contributed by atoms with Crippen LogP contribution < -0.4 is 0 Å². The molecular formula is C19H31NO2. The third kappa shape index (κ3) is 1.91. The Morgan fingerprint density at radius 2 is 2.05 bits per heavy atom. The fourth-order valence-corrected chi connectivity index (χ4v) is 5.74. The lowest BCUT2D eigenvalue weighted by Gasteiger charge is -2.47. The summed E-state index contributed by atoms with van der Waals surface area (Å²) in [5, 5.41) is 10.7. The van der Waals surface area contributed by atoms with Gasteiger partial charge in [0.05, 0.1) is 12.2 Å². The van der Waals surface area contributed by atoms with Gasteiger partial charge in [-0.3, -0.25) is 4.90 Å². The Balaban J connectivity index is 1.56. The monoisotopic (exact) mass is 305 g/mol. The number of aliphatic hydroxyl groups excluding tert-OH is 1. The van der Waals surface area contributed by atoms with Crippen molar-refractivity contribution >= 4 is 0 Å². The summed E-state index contributed by atoms with van der Waals surface area (Å²) in [4.78, 5) is 2.61. The smallest absolute Gasteiger partial charge is 0.106 e. The minimum absolute atomic E-state index is 0.0386. The lowest BCUT2D eigenvalue weighted by atomic mass is 9.71. The molecule has 22 heavy (non-hydrogen) atoms. The maximum atomic E-state index is 10.7. The minimum atomic E-state index is -0.155. The van der Waals surface area contributed by atoms with Crippen molar-refractivity contribution in [1.82, 2.24) is 4.90 Å². The van der Waals surface area contributed by atoms with Crippen molar-refractivity contribution in [3.8, 4) is 0 Å². The van der Waals surface area contributed by atoms with E-state index in [1.807, 2.05) is 0 Å². The standard InChI is InChI=1S/C19H31NO2/c1-13-5-6-15(16(21)9-13)17(2,3)20-11-18(4)10-14-7-8-19(18,12-20)22-14/h7-8,13-16,21H,5-6,9-12H2,1-4H3/t13-,14-,15-,16-,18-,19+/m1/s1. The molecule has 4 rings (SSSR count). The van der Waals surface area contributed by atoms with Crippen LogP contribution in [0, 0.1) is 17.3 Å². The first-order valence-electron chi connectivity index (χ1n) is 9.06. The highest BCUT2D eigenvalue weighted by molar-refractivity contribution is 5.29. The molecule has 0 amide bonds. The molecule has 6 atom stereocenters. The van der Waals surface area contributed by atoms with Crippen LogP contribution in [0.25, 0.3) is 0 Å². The summed E-state index contributed by atoms with van der Waals surface area (Å²) in [7, 11) is 0. The molecule has 3 heteroatoms. The van der Waals surface area contributed by atoms with Crippen molar-refractivity contribution in [2.24, 2.45) is 17.3 Å². The number of hydrogen-bond acceptors (Lipinski definition) is 3. The molecule has 2 saturated heterocycles. The zero-order chi connectivity index (χ0) is 15.8. The number of likely N-dealkylation sites (tertiary alicyclic amines) is 1. The second-order valence-electron chi connectivity index (χ2n) is 9.27. The summed E-state index contributed by atoms with van der Waals surface area (Å²) >= 11 is 0. The Kier molecular flexibility index (Phi) is 3.16. The van der Waals surface area contributed by atoms with Gasteiger partial charge < -0.3 is 9.84 Å². The molecule has 3 aliphatic heterocycles. The van der Waals surface area contributed by atoms with Crippen LogP contribution in [0.3, 0.4) is 0 Å². The molecule has 1 aliphatic carbocycles. The van der Waals surface area contributed by atoms with Gasteiger partial charge in [-0.05, 0) is 39.0 Å². The Hall–Kier alpha value is -0.380. The molecule has 2 bridgehead atoms. The summed E-state index contributed by atoms with van der Waals surface area (Å²) in [5.41, 5.74) is 0.218. The van der Waals surface area contributed by atoms with Crippen molar-refractivity contribution in [3.63, 3.8) is 0 Å². The van der Waals surface area contributed by atoms with Crippen molar-refractivity contribution in [1.29, 1.82) is 0 Å². The first-order valence-corrected chi connectivity index (χ1v) is 9.06. The normalized spacial score (nSPS) is 51.5. The van der Waals surface area contributed by atoms with E-state index >= 15 is 0 Å². The van der Waals surface area contributed by atoms with E-state index in [0.717, 1.165) is 32.4 Å². The van der Waals surface area contributed by atoms with E-state index < -0.39 is 0 Å². The summed E-state index contributed by atoms with van der Waals surface area (Å²) in [6, 6.07) is 0. The average molecular weight is 305 g/mol. The molecule has 0 aromatic carbocycles. The van der Waals surface area contributed by atoms with Gasteiger partial charge in [0.25, 0.3) is 0 Å². The Morgan fingerprint density at radius 1 is 1.27 bits per heavy atom. The van der Waals surface area contributed by atoms with Gasteiger partial charge >= 0.3 is 0 Å². The van der Waals surface area contributed by atoms with E-state index in [4.69, 9.17) is 4.74 Å². The Labute approximate surface area is 134 Å². The van der Waals surface area contributed by atoms with Crippen LogP contribution in [-0.2, 0) is 4.74 Å². The van der Waals surface area contributed by atoms with Crippen molar-refractivity contribution < 1.29 is 9.84 Å². The van der Waals surface area contributed by atoms with E-state index in [0.29, 0.717) is 17.9 Å². The SMILES string of the molecule is C[C@@H]1CC[C@@H](C(C)(C)N2C[C@@]3(C)C[C@H]4C=C[C@@]3(C2)O4)[C@H](O)C1. The van der Waals surface area contributed by atoms with Crippen molar-refractivity contribution in [2.45, 2.75) is 76.7 Å². The summed E-state index contributed by atoms with van der Waals surface area (Å²) in [5.74, 6) is 1.04. The number of hydrogen-bond donors (Lipinski definition) is 1. The van der Waals surface area contributed by atoms with Crippen LogP contribution >= 0.6 is 0 Å². The van der Waals surface area contributed by atoms with Gasteiger partial charge in [0.15, 0.2) is 0 Å². The molecule has 0 radical (unpaired) electrons. The largest absolute Gasteiger partial charge is 0.393 e. The Bertz CT molecular complexity index is 502. The molecule has 124 valence electrons. The summed E-state index contributed by atoms with van der Waals surface area (Å²) in [6.07, 6.45) is 9.29. The zero-order valence-electron chi connectivity index (χ0n) is 14.5. The van der Waals surface area contributed by atoms with Crippen molar-refractivity contribution in [3.05, 3.63) is 12.2 Å². The third-order valence-corrected chi connectivity index (χ3v) is 7.38. The number of rotatable bonds is 2. The van der Waals surface area contributed by atoms with E-state index in [2.05, 4.69) is 44.7 Å². The van der Waals surface area contributed by atoms with E-state index in [1.165, 1.54) is 6.42 Å². The maximum Gasteiger partial charge on any atom is 0.106 e. The molecule has 1 N–H and O–H groups in total. The second kappa shape index (κ2) is 4.58. The number of aliphatic hydroxyl groups is 1. The predicted octanol–water partition coefficient (Wildman–Crippen LogP) is 2.98. The maximum absolute atomic E-state index is 10.7. The second-order valence-corrected chi connectivity index (χ2v) is 9.27. The number of ether oxygens (including phenoxy) is 1. The molecule has 0 aromatic rings. The molecule has 1 spiro atoms. The topological polar surface area (TPSA) is 32.7 Å². The average Bonchev–Trinajstić information content (AvgIpc) is 3.01. The highest BCUT2D eigenvalue weighted by Crippen LogP contribution is 2.58. The first kappa shape index (κ1) is 15.2. The van der Waals surface area contributed by atoms with Gasteiger partial charge in [0, 0.05) is 30.0 Å². The lowest BCUT2D eigenvalue weighted by molar-refractivity contribution is -0.0506. The van der Waals surface area contributed by atoms with Crippen LogP contribution in [0.1, 0.15) is 53.4 Å². The minimum Gasteiger partial charge on any atom is -0.393 e. The number of nitrogens with zero attached hydrogens (tertiary/aromatic N) is 1. The van der Waals surface area contributed by atoms with E-state index in [1.54, 1.807) is 0 Å². The molecular weight excluding hydrogens is 274 g/mol. The van der Waals surface area contributed by atoms with Crippen LogP contribution in [0.5, 0.6) is 0 Å². The quantitative estimate of drug-likeness (QED) is 0.796. The van der Waals surface area contributed by atoms with Gasteiger partial charge in [-0.15, -0.1) is 0 Å². The van der Waals surface area contributed by atoms with E-state index in [9.17, 15) is 5.11 Å². The highest BCUT2D eigenvalue weighted by atomic mass is 16.5. The molecule has 1 saturated carbocycles. The van der Waals surface area contributed by atoms with Gasteiger partial charge in [-0.1, -0.05) is 32.4 Å². The van der Waals surface area contributed by atoms with Gasteiger partial charge in [-0.2, -0.15) is 0 Å². The molecule has 3 fully saturated rings. The fraction of sp³-hybridized carbons (Fsp3) is 0.895. The summed E-state index contributed by atoms with van der Waals surface area (Å²) < 4.78 is 6.33.